The molecule has 0 spiro atoms. The Labute approximate surface area is 85.6 Å². The smallest absolute Gasteiger partial charge is 0.409 e. The van der Waals surface area contributed by atoms with E-state index in [9.17, 15) is 4.79 Å². The van der Waals surface area contributed by atoms with E-state index >= 15 is 0 Å². The number of likely N-dealkylation sites (N-methyl/N-ethyl adjacent to an activating group) is 1. The fraction of sp³-hybridized carbons (Fsp3) is 0.900. The average Bonchev–Trinajstić information content (AvgIpc) is 2.19. The van der Waals surface area contributed by atoms with E-state index in [-0.39, 0.29) is 6.09 Å². The van der Waals surface area contributed by atoms with Gasteiger partial charge in [0.1, 0.15) is 0 Å². The van der Waals surface area contributed by atoms with Crippen LogP contribution >= 0.6 is 0 Å². The van der Waals surface area contributed by atoms with Crippen molar-refractivity contribution < 1.29 is 9.53 Å². The van der Waals surface area contributed by atoms with Gasteiger partial charge in [-0.05, 0) is 26.3 Å². The van der Waals surface area contributed by atoms with E-state index in [0.717, 1.165) is 19.5 Å². The molecule has 4 heteroatoms. The Kier molecular flexibility index (Phi) is 4.73. The molecule has 1 rings (SSSR count). The lowest BCUT2D eigenvalue weighted by Crippen LogP contribution is -2.44. The van der Waals surface area contributed by atoms with Crippen LogP contribution in [0, 0.1) is 0 Å². The Morgan fingerprint density at radius 2 is 2.36 bits per heavy atom. The van der Waals surface area contributed by atoms with Gasteiger partial charge in [-0.2, -0.15) is 0 Å². The molecule has 1 heterocycles. The van der Waals surface area contributed by atoms with E-state index in [1.54, 1.807) is 11.9 Å². The zero-order chi connectivity index (χ0) is 10.4. The molecule has 14 heavy (non-hydrogen) atoms. The Morgan fingerprint density at radius 3 is 2.93 bits per heavy atom. The first-order chi connectivity index (χ1) is 6.74. The Morgan fingerprint density at radius 1 is 1.57 bits per heavy atom. The van der Waals surface area contributed by atoms with Gasteiger partial charge in [0.05, 0.1) is 6.61 Å². The number of hydrogen-bond donors (Lipinski definition) is 1. The van der Waals surface area contributed by atoms with Gasteiger partial charge >= 0.3 is 6.09 Å². The van der Waals surface area contributed by atoms with Crippen LogP contribution in [-0.4, -0.2) is 43.8 Å². The number of carbonyl (C=O) groups is 1. The molecule has 1 saturated heterocycles. The highest BCUT2D eigenvalue weighted by Crippen LogP contribution is 2.08. The molecule has 0 aromatic carbocycles. The lowest BCUT2D eigenvalue weighted by Gasteiger charge is -2.27. The predicted molar refractivity (Wildman–Crippen MR) is 55.3 cm³/mol. The zero-order valence-corrected chi connectivity index (χ0v) is 9.08. The van der Waals surface area contributed by atoms with Crippen LogP contribution in [0.3, 0.4) is 0 Å². The molecule has 1 unspecified atom stereocenters. The molecule has 1 amide bonds. The molecule has 0 aromatic rings. The van der Waals surface area contributed by atoms with Crippen molar-refractivity contribution in [2.24, 2.45) is 0 Å². The number of carbonyl (C=O) groups excluding carboxylic acids is 1. The maximum Gasteiger partial charge on any atom is 0.409 e. The fourth-order valence-electron chi connectivity index (χ4n) is 1.72. The fourth-order valence-corrected chi connectivity index (χ4v) is 1.72. The van der Waals surface area contributed by atoms with Crippen LogP contribution in [0.2, 0.25) is 0 Å². The molecule has 1 atom stereocenters. The molecule has 0 saturated carbocycles. The quantitative estimate of drug-likeness (QED) is 0.744. The minimum atomic E-state index is -0.222. The highest BCUT2D eigenvalue weighted by Gasteiger charge is 2.17. The summed E-state index contributed by atoms with van der Waals surface area (Å²) in [5, 5.41) is 3.40. The maximum atomic E-state index is 11.3. The summed E-state index contributed by atoms with van der Waals surface area (Å²) in [5.74, 6) is 0. The van der Waals surface area contributed by atoms with E-state index in [4.69, 9.17) is 4.74 Å². The van der Waals surface area contributed by atoms with Crippen molar-refractivity contribution in [1.82, 2.24) is 10.2 Å². The third-order valence-corrected chi connectivity index (χ3v) is 2.49. The standard InChI is InChI=1S/C10H20N2O2/c1-3-14-10(13)12(2)8-9-6-4-5-7-11-9/h9,11H,3-8H2,1-2H3. The van der Waals surface area contributed by atoms with Crippen LogP contribution in [0.5, 0.6) is 0 Å². The first-order valence-corrected chi connectivity index (χ1v) is 5.35. The average molecular weight is 200 g/mol. The molecule has 0 bridgehead atoms. The summed E-state index contributed by atoms with van der Waals surface area (Å²) in [7, 11) is 1.79. The van der Waals surface area contributed by atoms with Crippen LogP contribution in [0.4, 0.5) is 4.79 Å². The lowest BCUT2D eigenvalue weighted by atomic mass is 10.1. The second-order valence-corrected chi connectivity index (χ2v) is 3.73. The van der Waals surface area contributed by atoms with Crippen LogP contribution in [0.15, 0.2) is 0 Å². The number of nitrogens with one attached hydrogen (secondary N) is 1. The maximum absolute atomic E-state index is 11.3. The number of nitrogens with zero attached hydrogens (tertiary/aromatic N) is 1. The summed E-state index contributed by atoms with van der Waals surface area (Å²) in [4.78, 5) is 12.9. The van der Waals surface area contributed by atoms with Crippen molar-refractivity contribution in [3.05, 3.63) is 0 Å². The molecule has 0 radical (unpaired) electrons. The van der Waals surface area contributed by atoms with Gasteiger partial charge in [-0.25, -0.2) is 4.79 Å². The Balaban J connectivity index is 2.24. The summed E-state index contributed by atoms with van der Waals surface area (Å²) < 4.78 is 4.90. The van der Waals surface area contributed by atoms with Gasteiger partial charge in [0.15, 0.2) is 0 Å². The largest absolute Gasteiger partial charge is 0.450 e. The first-order valence-electron chi connectivity index (χ1n) is 5.35. The highest BCUT2D eigenvalue weighted by molar-refractivity contribution is 5.67. The number of ether oxygens (including phenoxy) is 1. The number of piperidine rings is 1. The number of hydrogen-bond acceptors (Lipinski definition) is 3. The number of amides is 1. The molecule has 1 fully saturated rings. The molecule has 0 aliphatic carbocycles. The van der Waals surface area contributed by atoms with Gasteiger partial charge in [-0.1, -0.05) is 6.42 Å². The third kappa shape index (κ3) is 3.54. The minimum Gasteiger partial charge on any atom is -0.450 e. The normalized spacial score (nSPS) is 21.7. The number of rotatable bonds is 3. The molecule has 1 aliphatic heterocycles. The summed E-state index contributed by atoms with van der Waals surface area (Å²) in [6.45, 7) is 4.09. The van der Waals surface area contributed by atoms with Crippen molar-refractivity contribution in [1.29, 1.82) is 0 Å². The Bertz CT molecular complexity index is 179. The molecule has 1 aliphatic rings. The first kappa shape index (κ1) is 11.3. The van der Waals surface area contributed by atoms with Crippen molar-refractivity contribution >= 4 is 6.09 Å². The van der Waals surface area contributed by atoms with Crippen LogP contribution < -0.4 is 5.32 Å². The van der Waals surface area contributed by atoms with Crippen LogP contribution in [-0.2, 0) is 4.74 Å². The lowest BCUT2D eigenvalue weighted by molar-refractivity contribution is 0.111. The van der Waals surface area contributed by atoms with Crippen molar-refractivity contribution in [2.45, 2.75) is 32.2 Å². The zero-order valence-electron chi connectivity index (χ0n) is 9.08. The second-order valence-electron chi connectivity index (χ2n) is 3.73. The van der Waals surface area contributed by atoms with Gasteiger partial charge in [0.2, 0.25) is 0 Å². The highest BCUT2D eigenvalue weighted by atomic mass is 16.5. The van der Waals surface area contributed by atoms with Crippen molar-refractivity contribution in [2.75, 3.05) is 26.7 Å². The van der Waals surface area contributed by atoms with Gasteiger partial charge in [-0.15, -0.1) is 0 Å². The molecule has 82 valence electrons. The molecular formula is C10H20N2O2. The van der Waals surface area contributed by atoms with Gasteiger partial charge in [0.25, 0.3) is 0 Å². The minimum absolute atomic E-state index is 0.222. The van der Waals surface area contributed by atoms with Crippen molar-refractivity contribution in [3.8, 4) is 0 Å². The third-order valence-electron chi connectivity index (χ3n) is 2.49. The van der Waals surface area contributed by atoms with Gasteiger partial charge in [-0.3, -0.25) is 0 Å². The molecule has 0 aromatic heterocycles. The van der Waals surface area contributed by atoms with Gasteiger partial charge < -0.3 is 15.0 Å². The Hall–Kier alpha value is -0.770. The van der Waals surface area contributed by atoms with Gasteiger partial charge in [0, 0.05) is 19.6 Å². The van der Waals surface area contributed by atoms with E-state index in [2.05, 4.69) is 5.32 Å². The summed E-state index contributed by atoms with van der Waals surface area (Å²) in [6.07, 6.45) is 3.44. The van der Waals surface area contributed by atoms with Crippen molar-refractivity contribution in [3.63, 3.8) is 0 Å². The van der Waals surface area contributed by atoms with E-state index in [1.807, 2.05) is 6.92 Å². The predicted octanol–water partition coefficient (Wildman–Crippen LogP) is 1.22. The van der Waals surface area contributed by atoms with E-state index in [1.165, 1.54) is 12.8 Å². The second kappa shape index (κ2) is 5.86. The summed E-state index contributed by atoms with van der Waals surface area (Å²) in [5.41, 5.74) is 0. The topological polar surface area (TPSA) is 41.6 Å². The molecule has 1 N–H and O–H groups in total. The summed E-state index contributed by atoms with van der Waals surface area (Å²) in [6, 6.07) is 0.443. The van der Waals surface area contributed by atoms with Crippen LogP contribution in [0.1, 0.15) is 26.2 Å². The monoisotopic (exact) mass is 200 g/mol. The molecular weight excluding hydrogens is 180 g/mol. The van der Waals surface area contributed by atoms with Crippen LogP contribution in [0.25, 0.3) is 0 Å². The molecule has 4 nitrogen and oxygen atoms in total. The van der Waals surface area contributed by atoms with E-state index < -0.39 is 0 Å². The SMILES string of the molecule is CCOC(=O)N(C)CC1CCCCN1. The summed E-state index contributed by atoms with van der Waals surface area (Å²) >= 11 is 0. The van der Waals surface area contributed by atoms with E-state index in [0.29, 0.717) is 12.6 Å².